The van der Waals surface area contributed by atoms with Crippen LogP contribution >= 0.6 is 11.6 Å². The Morgan fingerprint density at radius 1 is 1.26 bits per heavy atom. The van der Waals surface area contributed by atoms with Gasteiger partial charge in [0.15, 0.2) is 6.61 Å². The Balaban J connectivity index is 2.40. The van der Waals surface area contributed by atoms with Crippen LogP contribution in [0.3, 0.4) is 0 Å². The number of rotatable bonds is 2. The third-order valence-electron chi connectivity index (χ3n) is 2.77. The molecule has 1 heterocycles. The fourth-order valence-electron chi connectivity index (χ4n) is 1.67. The van der Waals surface area contributed by atoms with E-state index in [1.54, 1.807) is 6.07 Å². The summed E-state index contributed by atoms with van der Waals surface area (Å²) in [6.07, 6.45) is -4.36. The van der Waals surface area contributed by atoms with Crippen molar-refractivity contribution in [3.05, 3.63) is 34.5 Å². The lowest BCUT2D eigenvalue weighted by Crippen LogP contribution is -2.19. The summed E-state index contributed by atoms with van der Waals surface area (Å²) in [6.45, 7) is 2.32. The summed E-state index contributed by atoms with van der Waals surface area (Å²) < 4.78 is 41.0. The molecule has 0 aliphatic heterocycles. The first-order chi connectivity index (χ1) is 8.78. The number of ether oxygens (including phenoxy) is 1. The number of pyridine rings is 1. The van der Waals surface area contributed by atoms with E-state index in [1.165, 1.54) is 12.1 Å². The molecule has 0 fully saturated rings. The summed E-state index contributed by atoms with van der Waals surface area (Å²) >= 11 is 6.18. The van der Waals surface area contributed by atoms with Gasteiger partial charge in [0, 0.05) is 11.1 Å². The molecule has 0 bridgehead atoms. The first-order valence-corrected chi connectivity index (χ1v) is 5.92. The molecule has 1 aromatic carbocycles. The van der Waals surface area contributed by atoms with Crippen LogP contribution in [-0.4, -0.2) is 17.8 Å². The van der Waals surface area contributed by atoms with Gasteiger partial charge in [0.25, 0.3) is 0 Å². The molecule has 2 rings (SSSR count). The maximum absolute atomic E-state index is 12.1. The molecule has 0 saturated carbocycles. The number of hydrogen-bond donors (Lipinski definition) is 0. The molecule has 2 nitrogen and oxygen atoms in total. The van der Waals surface area contributed by atoms with Gasteiger partial charge in [-0.25, -0.2) is 0 Å². The molecule has 0 saturated heterocycles. The van der Waals surface area contributed by atoms with Crippen molar-refractivity contribution in [3.8, 4) is 5.75 Å². The van der Waals surface area contributed by atoms with E-state index >= 15 is 0 Å². The van der Waals surface area contributed by atoms with Crippen molar-refractivity contribution in [2.24, 2.45) is 0 Å². The molecule has 0 N–H and O–H groups in total. The minimum absolute atomic E-state index is 0.122. The van der Waals surface area contributed by atoms with Crippen molar-refractivity contribution in [1.82, 2.24) is 4.98 Å². The largest absolute Gasteiger partial charge is 0.484 e. The van der Waals surface area contributed by atoms with E-state index in [2.05, 4.69) is 4.98 Å². The average molecular weight is 290 g/mol. The van der Waals surface area contributed by atoms with Crippen LogP contribution in [-0.2, 0) is 0 Å². The molecule has 2 aromatic rings. The quantitative estimate of drug-likeness (QED) is 0.815. The summed E-state index contributed by atoms with van der Waals surface area (Å²) in [5.41, 5.74) is 2.23. The highest BCUT2D eigenvalue weighted by atomic mass is 35.5. The minimum atomic E-state index is -4.36. The number of hydrogen-bond acceptors (Lipinski definition) is 2. The van der Waals surface area contributed by atoms with Crippen molar-refractivity contribution in [3.63, 3.8) is 0 Å². The second-order valence-electron chi connectivity index (χ2n) is 4.22. The normalized spacial score (nSPS) is 11.9. The summed E-state index contributed by atoms with van der Waals surface area (Å²) in [4.78, 5) is 4.32. The Morgan fingerprint density at radius 2 is 1.95 bits per heavy atom. The number of halogens is 4. The number of alkyl halides is 3. The Morgan fingerprint density at radius 3 is 2.58 bits per heavy atom. The van der Waals surface area contributed by atoms with Gasteiger partial charge in [-0.15, -0.1) is 0 Å². The number of fused-ring (bicyclic) bond motifs is 1. The fraction of sp³-hybridized carbons (Fsp3) is 0.308. The standard InChI is InChI=1S/C13H11ClF3NO/c1-7-8(2)18-11-4-3-9(5-10(11)12(7)14)19-6-13(15,16)17/h3-5H,6H2,1-2H3. The van der Waals surface area contributed by atoms with E-state index in [9.17, 15) is 13.2 Å². The van der Waals surface area contributed by atoms with Crippen LogP contribution in [0, 0.1) is 13.8 Å². The third-order valence-corrected chi connectivity index (χ3v) is 3.25. The first kappa shape index (κ1) is 13.9. The Labute approximate surface area is 113 Å². The predicted molar refractivity (Wildman–Crippen MR) is 67.8 cm³/mol. The molecule has 0 aliphatic carbocycles. The van der Waals surface area contributed by atoms with Crippen LogP contribution in [0.4, 0.5) is 13.2 Å². The number of benzene rings is 1. The van der Waals surface area contributed by atoms with Gasteiger partial charge in [0.05, 0.1) is 10.5 Å². The monoisotopic (exact) mass is 289 g/mol. The number of nitrogens with zero attached hydrogens (tertiary/aromatic N) is 1. The van der Waals surface area contributed by atoms with Gasteiger partial charge in [-0.1, -0.05) is 11.6 Å². The first-order valence-electron chi connectivity index (χ1n) is 5.54. The van der Waals surface area contributed by atoms with Crippen molar-refractivity contribution in [1.29, 1.82) is 0 Å². The Kier molecular flexibility index (Phi) is 3.58. The van der Waals surface area contributed by atoms with E-state index in [1.807, 2.05) is 13.8 Å². The summed E-state index contributed by atoms with van der Waals surface area (Å²) in [6, 6.07) is 4.52. The average Bonchev–Trinajstić information content (AvgIpc) is 2.33. The molecule has 0 radical (unpaired) electrons. The van der Waals surface area contributed by atoms with E-state index in [-0.39, 0.29) is 5.75 Å². The summed E-state index contributed by atoms with van der Waals surface area (Å²) in [5, 5.41) is 1.07. The van der Waals surface area contributed by atoms with Crippen molar-refractivity contribution >= 4 is 22.5 Å². The molecule has 0 aliphatic rings. The second kappa shape index (κ2) is 4.89. The summed E-state index contributed by atoms with van der Waals surface area (Å²) in [7, 11) is 0. The van der Waals surface area contributed by atoms with Crippen LogP contribution in [0.5, 0.6) is 5.75 Å². The minimum Gasteiger partial charge on any atom is -0.484 e. The van der Waals surface area contributed by atoms with E-state index < -0.39 is 12.8 Å². The Hall–Kier alpha value is -1.49. The second-order valence-corrected chi connectivity index (χ2v) is 4.60. The Bertz CT molecular complexity index is 625. The highest BCUT2D eigenvalue weighted by Gasteiger charge is 2.28. The number of aryl methyl sites for hydroxylation is 1. The SMILES string of the molecule is Cc1nc2ccc(OCC(F)(F)F)cc2c(Cl)c1C. The lowest BCUT2D eigenvalue weighted by molar-refractivity contribution is -0.153. The molecule has 102 valence electrons. The predicted octanol–water partition coefficient (Wildman–Crippen LogP) is 4.45. The molecule has 19 heavy (non-hydrogen) atoms. The van der Waals surface area contributed by atoms with Crippen molar-refractivity contribution in [2.75, 3.05) is 6.61 Å². The van der Waals surface area contributed by atoms with Gasteiger partial charge < -0.3 is 4.74 Å². The van der Waals surface area contributed by atoms with Crippen LogP contribution in [0.2, 0.25) is 5.02 Å². The topological polar surface area (TPSA) is 22.1 Å². The van der Waals surface area contributed by atoms with Gasteiger partial charge in [0.2, 0.25) is 0 Å². The van der Waals surface area contributed by atoms with Gasteiger partial charge >= 0.3 is 6.18 Å². The molecular formula is C13H11ClF3NO. The van der Waals surface area contributed by atoms with Gasteiger partial charge in [-0.3, -0.25) is 4.98 Å². The van der Waals surface area contributed by atoms with Gasteiger partial charge in [-0.2, -0.15) is 13.2 Å². The van der Waals surface area contributed by atoms with Crippen LogP contribution in [0.15, 0.2) is 18.2 Å². The molecule has 6 heteroatoms. The van der Waals surface area contributed by atoms with Crippen LogP contribution in [0.1, 0.15) is 11.3 Å². The molecular weight excluding hydrogens is 279 g/mol. The zero-order chi connectivity index (χ0) is 14.2. The zero-order valence-corrected chi connectivity index (χ0v) is 11.1. The lowest BCUT2D eigenvalue weighted by Gasteiger charge is -2.11. The van der Waals surface area contributed by atoms with Crippen LogP contribution < -0.4 is 4.74 Å². The van der Waals surface area contributed by atoms with Gasteiger partial charge in [-0.05, 0) is 37.6 Å². The highest BCUT2D eigenvalue weighted by Crippen LogP contribution is 2.30. The third kappa shape index (κ3) is 3.10. The van der Waals surface area contributed by atoms with Gasteiger partial charge in [0.1, 0.15) is 5.75 Å². The smallest absolute Gasteiger partial charge is 0.422 e. The molecule has 0 atom stereocenters. The lowest BCUT2D eigenvalue weighted by atomic mass is 10.1. The molecule has 0 amide bonds. The van der Waals surface area contributed by atoms with E-state index in [0.717, 1.165) is 11.3 Å². The zero-order valence-electron chi connectivity index (χ0n) is 10.3. The number of aromatic nitrogens is 1. The summed E-state index contributed by atoms with van der Waals surface area (Å²) in [5.74, 6) is 0.122. The van der Waals surface area contributed by atoms with Crippen LogP contribution in [0.25, 0.3) is 10.9 Å². The van der Waals surface area contributed by atoms with Crippen molar-refractivity contribution in [2.45, 2.75) is 20.0 Å². The maximum Gasteiger partial charge on any atom is 0.422 e. The molecule has 0 unspecified atom stereocenters. The molecule has 1 aromatic heterocycles. The highest BCUT2D eigenvalue weighted by molar-refractivity contribution is 6.36. The maximum atomic E-state index is 12.1. The fourth-order valence-corrected chi connectivity index (χ4v) is 1.96. The molecule has 0 spiro atoms. The van der Waals surface area contributed by atoms with E-state index in [4.69, 9.17) is 16.3 Å². The van der Waals surface area contributed by atoms with Crippen molar-refractivity contribution < 1.29 is 17.9 Å². The van der Waals surface area contributed by atoms with E-state index in [0.29, 0.717) is 15.9 Å².